The molecule has 3 N–H and O–H groups in total. The molecule has 20 heavy (non-hydrogen) atoms. The third-order valence-corrected chi connectivity index (χ3v) is 5.17. The van der Waals surface area contributed by atoms with E-state index >= 15 is 0 Å². The Bertz CT molecular complexity index is 362. The second kappa shape index (κ2) is 5.87. The Hall–Kier alpha value is -0.850. The number of amidine groups is 1. The van der Waals surface area contributed by atoms with Gasteiger partial charge in [-0.15, -0.1) is 0 Å². The predicted octanol–water partition coefficient (Wildman–Crippen LogP) is 0.452. The van der Waals surface area contributed by atoms with E-state index in [-0.39, 0.29) is 5.60 Å². The number of nitrogens with two attached hydrogens (primary N) is 1. The Morgan fingerprint density at radius 3 is 2.65 bits per heavy atom. The van der Waals surface area contributed by atoms with Crippen LogP contribution in [0.2, 0.25) is 0 Å². The summed E-state index contributed by atoms with van der Waals surface area (Å²) in [7, 11) is 0. The molecule has 3 rings (SSSR count). The van der Waals surface area contributed by atoms with Crippen LogP contribution in [0.5, 0.6) is 0 Å². The minimum atomic E-state index is 0.230. The first-order chi connectivity index (χ1) is 9.71. The zero-order valence-electron chi connectivity index (χ0n) is 12.1. The van der Waals surface area contributed by atoms with E-state index in [9.17, 15) is 0 Å². The van der Waals surface area contributed by atoms with Gasteiger partial charge in [-0.1, -0.05) is 5.16 Å². The van der Waals surface area contributed by atoms with Crippen molar-refractivity contribution in [3.63, 3.8) is 0 Å². The highest BCUT2D eigenvalue weighted by Crippen LogP contribution is 2.43. The Labute approximate surface area is 120 Å². The molecule has 1 spiro atoms. The average molecular weight is 282 g/mol. The molecular formula is C14H26N4O2. The van der Waals surface area contributed by atoms with Crippen molar-refractivity contribution in [3.05, 3.63) is 0 Å². The number of hydrogen-bond acceptors (Lipinski definition) is 5. The molecule has 0 amide bonds. The van der Waals surface area contributed by atoms with Crippen LogP contribution in [-0.4, -0.2) is 71.8 Å². The van der Waals surface area contributed by atoms with Crippen molar-refractivity contribution in [2.75, 3.05) is 39.3 Å². The number of piperazine rings is 1. The Kier molecular flexibility index (Phi) is 4.14. The van der Waals surface area contributed by atoms with E-state index in [4.69, 9.17) is 15.7 Å². The summed E-state index contributed by atoms with van der Waals surface area (Å²) in [6.45, 7) is 5.66. The fraction of sp³-hybridized carbons (Fsp3) is 0.929. The summed E-state index contributed by atoms with van der Waals surface area (Å²) in [5, 5.41) is 11.7. The lowest BCUT2D eigenvalue weighted by atomic mass is 9.73. The fourth-order valence-corrected chi connectivity index (χ4v) is 3.78. The second-order valence-corrected chi connectivity index (χ2v) is 6.44. The van der Waals surface area contributed by atoms with Crippen LogP contribution >= 0.6 is 0 Å². The van der Waals surface area contributed by atoms with Crippen molar-refractivity contribution in [3.8, 4) is 0 Å². The highest BCUT2D eigenvalue weighted by molar-refractivity contribution is 5.81. The topological polar surface area (TPSA) is 74.3 Å². The number of hydrogen-bond donors (Lipinski definition) is 2. The SMILES string of the molecule is NC(CN1CCN(C2CCOC3(CCC3)C2)CC1)=NO. The molecule has 1 aliphatic carbocycles. The van der Waals surface area contributed by atoms with Crippen molar-refractivity contribution in [2.45, 2.75) is 43.7 Å². The van der Waals surface area contributed by atoms with Gasteiger partial charge in [0.15, 0.2) is 5.84 Å². The Balaban J connectivity index is 1.48. The van der Waals surface area contributed by atoms with Gasteiger partial charge in [0.05, 0.1) is 12.1 Å². The van der Waals surface area contributed by atoms with E-state index in [1.54, 1.807) is 0 Å². The average Bonchev–Trinajstić information content (AvgIpc) is 2.46. The first-order valence-corrected chi connectivity index (χ1v) is 7.78. The zero-order valence-corrected chi connectivity index (χ0v) is 12.1. The van der Waals surface area contributed by atoms with Crippen LogP contribution in [0, 0.1) is 0 Å². The van der Waals surface area contributed by atoms with Gasteiger partial charge in [-0.2, -0.15) is 0 Å². The predicted molar refractivity (Wildman–Crippen MR) is 77.0 cm³/mol. The van der Waals surface area contributed by atoms with Gasteiger partial charge in [-0.3, -0.25) is 9.80 Å². The zero-order chi connectivity index (χ0) is 14.0. The summed E-state index contributed by atoms with van der Waals surface area (Å²) in [6, 6.07) is 0.690. The lowest BCUT2D eigenvalue weighted by Gasteiger charge is -2.50. The molecular weight excluding hydrogens is 256 g/mol. The molecule has 2 aliphatic heterocycles. The van der Waals surface area contributed by atoms with Crippen LogP contribution in [0.25, 0.3) is 0 Å². The molecule has 0 bridgehead atoms. The number of rotatable bonds is 3. The number of oxime groups is 1. The van der Waals surface area contributed by atoms with Crippen LogP contribution in [0.3, 0.4) is 0 Å². The lowest BCUT2D eigenvalue weighted by Crippen LogP contribution is -2.57. The van der Waals surface area contributed by atoms with Gasteiger partial charge >= 0.3 is 0 Å². The molecule has 6 heteroatoms. The van der Waals surface area contributed by atoms with Crippen LogP contribution < -0.4 is 5.73 Å². The molecule has 0 radical (unpaired) electrons. The van der Waals surface area contributed by atoms with Crippen molar-refractivity contribution < 1.29 is 9.94 Å². The molecule has 114 valence electrons. The van der Waals surface area contributed by atoms with Crippen molar-refractivity contribution in [1.29, 1.82) is 0 Å². The summed E-state index contributed by atoms with van der Waals surface area (Å²) in [6.07, 6.45) is 6.23. The standard InChI is InChI=1S/C14H26N4O2/c15-13(16-19)11-17-5-7-18(8-6-17)12-2-9-20-14(10-12)3-1-4-14/h12,19H,1-11H2,(H2,15,16). The van der Waals surface area contributed by atoms with Crippen molar-refractivity contribution >= 4 is 5.84 Å². The molecule has 3 fully saturated rings. The minimum Gasteiger partial charge on any atom is -0.409 e. The van der Waals surface area contributed by atoms with E-state index in [1.165, 1.54) is 32.1 Å². The quantitative estimate of drug-likeness (QED) is 0.340. The molecule has 2 heterocycles. The van der Waals surface area contributed by atoms with Gasteiger partial charge in [-0.25, -0.2) is 0 Å². The van der Waals surface area contributed by atoms with E-state index in [0.29, 0.717) is 18.4 Å². The van der Waals surface area contributed by atoms with Crippen LogP contribution in [0.15, 0.2) is 5.16 Å². The van der Waals surface area contributed by atoms with Gasteiger partial charge in [0.1, 0.15) is 0 Å². The largest absolute Gasteiger partial charge is 0.409 e. The molecule has 6 nitrogen and oxygen atoms in total. The smallest absolute Gasteiger partial charge is 0.153 e. The second-order valence-electron chi connectivity index (χ2n) is 6.44. The first-order valence-electron chi connectivity index (χ1n) is 7.78. The van der Waals surface area contributed by atoms with E-state index in [2.05, 4.69) is 15.0 Å². The van der Waals surface area contributed by atoms with Gasteiger partial charge in [0.25, 0.3) is 0 Å². The Morgan fingerprint density at radius 2 is 2.05 bits per heavy atom. The molecule has 0 aromatic rings. The molecule has 1 saturated carbocycles. The monoisotopic (exact) mass is 282 g/mol. The maximum atomic E-state index is 8.62. The highest BCUT2D eigenvalue weighted by Gasteiger charge is 2.44. The summed E-state index contributed by atoms with van der Waals surface area (Å²) < 4.78 is 6.01. The lowest BCUT2D eigenvalue weighted by molar-refractivity contribution is -0.150. The first kappa shape index (κ1) is 14.1. The fourth-order valence-electron chi connectivity index (χ4n) is 3.78. The van der Waals surface area contributed by atoms with Gasteiger partial charge in [-0.05, 0) is 32.1 Å². The van der Waals surface area contributed by atoms with E-state index in [1.807, 2.05) is 0 Å². The molecule has 2 saturated heterocycles. The summed E-state index contributed by atoms with van der Waals surface area (Å²) in [5.74, 6) is 0.304. The van der Waals surface area contributed by atoms with Crippen LogP contribution in [-0.2, 0) is 4.74 Å². The normalized spacial score (nSPS) is 32.2. The number of nitrogens with zero attached hydrogens (tertiary/aromatic N) is 3. The molecule has 0 aromatic carbocycles. The van der Waals surface area contributed by atoms with Gasteiger partial charge < -0.3 is 15.7 Å². The van der Waals surface area contributed by atoms with Crippen molar-refractivity contribution in [2.24, 2.45) is 10.9 Å². The molecule has 1 unspecified atom stereocenters. The maximum Gasteiger partial charge on any atom is 0.153 e. The number of ether oxygens (including phenoxy) is 1. The molecule has 1 atom stereocenters. The van der Waals surface area contributed by atoms with Gasteiger partial charge in [0, 0.05) is 38.8 Å². The summed E-state index contributed by atoms with van der Waals surface area (Å²) in [5.41, 5.74) is 5.80. The van der Waals surface area contributed by atoms with Gasteiger partial charge in [0.2, 0.25) is 0 Å². The molecule has 0 aromatic heterocycles. The minimum absolute atomic E-state index is 0.230. The van der Waals surface area contributed by atoms with Crippen LogP contribution in [0.1, 0.15) is 32.1 Å². The van der Waals surface area contributed by atoms with E-state index < -0.39 is 0 Å². The summed E-state index contributed by atoms with van der Waals surface area (Å²) >= 11 is 0. The van der Waals surface area contributed by atoms with Crippen molar-refractivity contribution in [1.82, 2.24) is 9.80 Å². The third-order valence-electron chi connectivity index (χ3n) is 5.17. The highest BCUT2D eigenvalue weighted by atomic mass is 16.5. The third kappa shape index (κ3) is 2.92. The Morgan fingerprint density at radius 1 is 1.30 bits per heavy atom. The molecule has 3 aliphatic rings. The van der Waals surface area contributed by atoms with Crippen LogP contribution in [0.4, 0.5) is 0 Å². The summed E-state index contributed by atoms with van der Waals surface area (Å²) in [4.78, 5) is 4.87. The van der Waals surface area contributed by atoms with E-state index in [0.717, 1.165) is 32.8 Å². The maximum absolute atomic E-state index is 8.62.